The van der Waals surface area contributed by atoms with E-state index >= 15 is 0 Å². The molecule has 100 valence electrons. The van der Waals surface area contributed by atoms with Gasteiger partial charge in [0.05, 0.1) is 0 Å². The van der Waals surface area contributed by atoms with Gasteiger partial charge < -0.3 is 14.4 Å². The van der Waals surface area contributed by atoms with Gasteiger partial charge in [0.15, 0.2) is 5.79 Å². The average Bonchev–Trinajstić information content (AvgIpc) is 2.92. The molecule has 0 bridgehead atoms. The largest absolute Gasteiger partial charge is 0.339 e. The van der Waals surface area contributed by atoms with Crippen LogP contribution < -0.4 is 0 Å². The highest BCUT2D eigenvalue weighted by Crippen LogP contribution is 2.46. The summed E-state index contributed by atoms with van der Waals surface area (Å²) in [6.45, 7) is 8.88. The van der Waals surface area contributed by atoms with Crippen LogP contribution in [0.25, 0.3) is 0 Å². The van der Waals surface area contributed by atoms with Gasteiger partial charge in [-0.05, 0) is 32.4 Å². The van der Waals surface area contributed by atoms with Gasteiger partial charge in [0.1, 0.15) is 12.2 Å². The van der Waals surface area contributed by atoms with Crippen LogP contribution >= 0.6 is 0 Å². The molecule has 0 N–H and O–H groups in total. The lowest BCUT2D eigenvalue weighted by Gasteiger charge is -2.40. The van der Waals surface area contributed by atoms with E-state index in [1.165, 1.54) is 19.4 Å². The molecule has 3 fully saturated rings. The first-order valence-corrected chi connectivity index (χ1v) is 6.98. The minimum Gasteiger partial charge on any atom is -0.339 e. The molecule has 1 saturated carbocycles. The first-order chi connectivity index (χ1) is 8.67. The molecule has 0 amide bonds. The Morgan fingerprint density at radius 1 is 1.17 bits per heavy atom. The Hall–Kier alpha value is -0.640. The summed E-state index contributed by atoms with van der Waals surface area (Å²) in [4.78, 5) is 2.46. The lowest BCUT2D eigenvalue weighted by molar-refractivity contribution is -0.201. The van der Waals surface area contributed by atoms with Crippen molar-refractivity contribution in [3.05, 3.63) is 25.3 Å². The van der Waals surface area contributed by atoms with Gasteiger partial charge in [0.2, 0.25) is 0 Å². The van der Waals surface area contributed by atoms with E-state index in [1.54, 1.807) is 0 Å². The van der Waals surface area contributed by atoms with Crippen LogP contribution in [0.1, 0.15) is 25.7 Å². The summed E-state index contributed by atoms with van der Waals surface area (Å²) >= 11 is 0. The van der Waals surface area contributed by atoms with Crippen molar-refractivity contribution >= 4 is 0 Å². The van der Waals surface area contributed by atoms with Crippen LogP contribution in [0, 0.1) is 5.92 Å². The Bertz CT molecular complexity index is 338. The Labute approximate surface area is 109 Å². The number of rotatable bonds is 2. The van der Waals surface area contributed by atoms with Crippen LogP contribution in [0.4, 0.5) is 0 Å². The van der Waals surface area contributed by atoms with Crippen molar-refractivity contribution < 1.29 is 9.47 Å². The zero-order chi connectivity index (χ0) is 12.8. The maximum Gasteiger partial charge on any atom is 0.171 e. The number of hydrogen-bond donors (Lipinski definition) is 0. The highest BCUT2D eigenvalue weighted by atomic mass is 16.8. The molecule has 4 unspecified atom stereocenters. The van der Waals surface area contributed by atoms with Gasteiger partial charge in [0, 0.05) is 18.9 Å². The third-order valence-electron chi connectivity index (χ3n) is 4.87. The van der Waals surface area contributed by atoms with Crippen molar-refractivity contribution in [1.29, 1.82) is 0 Å². The molecule has 3 heteroatoms. The second kappa shape index (κ2) is 4.48. The second-order valence-corrected chi connectivity index (χ2v) is 5.89. The minimum atomic E-state index is -0.391. The fraction of sp³-hybridized carbons (Fsp3) is 0.733. The number of hydrogen-bond acceptors (Lipinski definition) is 3. The highest BCUT2D eigenvalue weighted by molar-refractivity contribution is 5.05. The van der Waals surface area contributed by atoms with Gasteiger partial charge in [-0.25, -0.2) is 0 Å². The van der Waals surface area contributed by atoms with Crippen molar-refractivity contribution in [2.45, 2.75) is 49.7 Å². The second-order valence-electron chi connectivity index (χ2n) is 5.89. The summed E-state index contributed by atoms with van der Waals surface area (Å²) in [6, 6.07) is 0.618. The SMILES string of the molecule is C=CC1OC2(CCC3CCN(C)C3C2)OC1C=C. The molecular weight excluding hydrogens is 226 g/mol. The van der Waals surface area contributed by atoms with E-state index in [2.05, 4.69) is 25.1 Å². The van der Waals surface area contributed by atoms with Crippen LogP contribution in [0.5, 0.6) is 0 Å². The maximum absolute atomic E-state index is 6.16. The van der Waals surface area contributed by atoms with Crippen LogP contribution in [-0.4, -0.2) is 42.5 Å². The smallest absolute Gasteiger partial charge is 0.171 e. The van der Waals surface area contributed by atoms with E-state index in [0.717, 1.165) is 18.8 Å². The predicted octanol–water partition coefficient (Wildman–Crippen LogP) is 2.34. The topological polar surface area (TPSA) is 21.7 Å². The monoisotopic (exact) mass is 249 g/mol. The van der Waals surface area contributed by atoms with Gasteiger partial charge in [-0.2, -0.15) is 0 Å². The predicted molar refractivity (Wildman–Crippen MR) is 71.2 cm³/mol. The Morgan fingerprint density at radius 3 is 2.44 bits per heavy atom. The van der Waals surface area contributed by atoms with Gasteiger partial charge >= 0.3 is 0 Å². The molecule has 3 rings (SSSR count). The molecular formula is C15H23NO2. The van der Waals surface area contributed by atoms with Crippen molar-refractivity contribution in [3.63, 3.8) is 0 Å². The standard InChI is InChI=1S/C15H23NO2/c1-4-13-14(5-2)18-15(17-13)8-6-11-7-9-16(3)12(11)10-15/h4-5,11-14H,1-2,6-10H2,3H3. The summed E-state index contributed by atoms with van der Waals surface area (Å²) in [5, 5.41) is 0. The fourth-order valence-electron chi connectivity index (χ4n) is 3.81. The Morgan fingerprint density at radius 2 is 1.83 bits per heavy atom. The van der Waals surface area contributed by atoms with Crippen molar-refractivity contribution in [3.8, 4) is 0 Å². The van der Waals surface area contributed by atoms with Crippen molar-refractivity contribution in [2.75, 3.05) is 13.6 Å². The molecule has 0 aromatic heterocycles. The molecule has 1 spiro atoms. The number of nitrogens with zero attached hydrogens (tertiary/aromatic N) is 1. The quantitative estimate of drug-likeness (QED) is 0.701. The Kier molecular flexibility index (Phi) is 3.08. The summed E-state index contributed by atoms with van der Waals surface area (Å²) in [5.74, 6) is 0.440. The summed E-state index contributed by atoms with van der Waals surface area (Å²) < 4.78 is 12.3. The Balaban J connectivity index is 1.77. The zero-order valence-electron chi connectivity index (χ0n) is 11.2. The van der Waals surface area contributed by atoms with Crippen LogP contribution in [0.2, 0.25) is 0 Å². The van der Waals surface area contributed by atoms with E-state index in [-0.39, 0.29) is 12.2 Å². The maximum atomic E-state index is 6.16. The molecule has 2 heterocycles. The third-order valence-corrected chi connectivity index (χ3v) is 4.87. The lowest BCUT2D eigenvalue weighted by Crippen LogP contribution is -2.46. The zero-order valence-corrected chi connectivity index (χ0v) is 11.2. The first kappa shape index (κ1) is 12.4. The van der Waals surface area contributed by atoms with Crippen LogP contribution in [-0.2, 0) is 9.47 Å². The van der Waals surface area contributed by atoms with Gasteiger partial charge in [-0.3, -0.25) is 0 Å². The number of likely N-dealkylation sites (tertiary alicyclic amines) is 1. The minimum absolute atomic E-state index is 0.0363. The molecule has 0 aromatic rings. The first-order valence-electron chi connectivity index (χ1n) is 6.98. The molecule has 4 atom stereocenters. The van der Waals surface area contributed by atoms with Crippen LogP contribution in [0.3, 0.4) is 0 Å². The summed E-state index contributed by atoms with van der Waals surface area (Å²) in [7, 11) is 2.22. The molecule has 18 heavy (non-hydrogen) atoms. The van der Waals surface area contributed by atoms with Crippen molar-refractivity contribution in [1.82, 2.24) is 4.90 Å². The van der Waals surface area contributed by atoms with Crippen molar-refractivity contribution in [2.24, 2.45) is 5.92 Å². The molecule has 2 saturated heterocycles. The molecule has 3 aliphatic rings. The number of fused-ring (bicyclic) bond motifs is 1. The molecule has 0 radical (unpaired) electrons. The van der Waals surface area contributed by atoms with Gasteiger partial charge in [-0.15, -0.1) is 13.2 Å². The van der Waals surface area contributed by atoms with E-state index in [0.29, 0.717) is 6.04 Å². The molecule has 0 aromatic carbocycles. The highest BCUT2D eigenvalue weighted by Gasteiger charge is 2.52. The van der Waals surface area contributed by atoms with E-state index < -0.39 is 5.79 Å². The lowest BCUT2D eigenvalue weighted by atomic mass is 9.81. The molecule has 2 aliphatic heterocycles. The van der Waals surface area contributed by atoms with E-state index in [1.807, 2.05) is 12.2 Å². The fourth-order valence-corrected chi connectivity index (χ4v) is 3.81. The van der Waals surface area contributed by atoms with Gasteiger partial charge in [0.25, 0.3) is 0 Å². The molecule has 1 aliphatic carbocycles. The average molecular weight is 249 g/mol. The third kappa shape index (κ3) is 1.85. The van der Waals surface area contributed by atoms with Crippen LogP contribution in [0.15, 0.2) is 25.3 Å². The van der Waals surface area contributed by atoms with Gasteiger partial charge in [-0.1, -0.05) is 12.2 Å². The summed E-state index contributed by atoms with van der Waals surface area (Å²) in [5.41, 5.74) is 0. The molecule has 3 nitrogen and oxygen atoms in total. The normalized spacial score (nSPS) is 48.3. The van der Waals surface area contributed by atoms with E-state index in [9.17, 15) is 0 Å². The summed E-state index contributed by atoms with van der Waals surface area (Å²) in [6.07, 6.45) is 8.14. The number of ether oxygens (including phenoxy) is 2. The van der Waals surface area contributed by atoms with E-state index in [4.69, 9.17) is 9.47 Å².